The first-order valence-electron chi connectivity index (χ1n) is 3.53. The standard InChI is InChI=1S/C3H3F6O8PS/c4-1(5)2(6,3(7,8)9)15-16-18(10,11)17-19(12,13)14/h1H,(H,10,11)(H,12,13,14). The van der Waals surface area contributed by atoms with Gasteiger partial charge in [-0.15, -0.1) is 8.64 Å². The molecule has 0 saturated heterocycles. The molecule has 0 amide bonds. The molecule has 0 aliphatic carbocycles. The summed E-state index contributed by atoms with van der Waals surface area (Å²) in [4.78, 5) is 10.7. The minimum Gasteiger partial charge on any atom is -0.300 e. The fourth-order valence-electron chi connectivity index (χ4n) is 0.440. The molecule has 116 valence electrons. The van der Waals surface area contributed by atoms with E-state index in [2.05, 4.69) is 13.5 Å². The maximum atomic E-state index is 12.7. The van der Waals surface area contributed by atoms with Crippen LogP contribution in [0.3, 0.4) is 0 Å². The summed E-state index contributed by atoms with van der Waals surface area (Å²) in [6.45, 7) is 0. The lowest BCUT2D eigenvalue weighted by atomic mass is 10.3. The van der Waals surface area contributed by atoms with Crippen LogP contribution >= 0.6 is 7.82 Å². The van der Waals surface area contributed by atoms with Crippen LogP contribution in [0, 0.1) is 0 Å². The van der Waals surface area contributed by atoms with Crippen LogP contribution < -0.4 is 0 Å². The highest BCUT2D eigenvalue weighted by Crippen LogP contribution is 2.49. The lowest BCUT2D eigenvalue weighted by molar-refractivity contribution is -0.456. The Hall–Kier alpha value is -0.440. The van der Waals surface area contributed by atoms with Gasteiger partial charge in [0.2, 0.25) is 0 Å². The number of halogens is 6. The molecule has 0 aromatic carbocycles. The minimum absolute atomic E-state index is 2.41. The third-order valence-electron chi connectivity index (χ3n) is 1.11. The van der Waals surface area contributed by atoms with Gasteiger partial charge in [0, 0.05) is 0 Å². The van der Waals surface area contributed by atoms with Gasteiger partial charge in [-0.2, -0.15) is 30.9 Å². The fraction of sp³-hybridized carbons (Fsp3) is 1.00. The molecule has 2 atom stereocenters. The topological polar surface area (TPSA) is 119 Å². The molecule has 16 heteroatoms. The Bertz CT molecular complexity index is 460. The van der Waals surface area contributed by atoms with Gasteiger partial charge in [0.1, 0.15) is 0 Å². The normalized spacial score (nSPS) is 20.1. The van der Waals surface area contributed by atoms with Gasteiger partial charge in [-0.3, -0.25) is 4.55 Å². The molecule has 0 rings (SSSR count). The first-order valence-corrected chi connectivity index (χ1v) is 6.39. The molecule has 0 spiro atoms. The number of hydrogen-bond donors (Lipinski definition) is 2. The molecular formula is C3H3F6O8PS. The number of phosphoric acid groups is 1. The molecule has 0 saturated carbocycles. The molecule has 0 fully saturated rings. The average Bonchev–Trinajstić information content (AvgIpc) is 2.07. The van der Waals surface area contributed by atoms with E-state index in [1.165, 1.54) is 0 Å². The van der Waals surface area contributed by atoms with E-state index in [0.29, 0.717) is 0 Å². The predicted molar refractivity (Wildman–Crippen MR) is 40.5 cm³/mol. The van der Waals surface area contributed by atoms with E-state index in [1.807, 2.05) is 0 Å². The van der Waals surface area contributed by atoms with Crippen molar-refractivity contribution in [2.24, 2.45) is 0 Å². The molecule has 8 nitrogen and oxygen atoms in total. The van der Waals surface area contributed by atoms with Crippen molar-refractivity contribution in [2.45, 2.75) is 18.5 Å². The molecule has 0 aromatic heterocycles. The van der Waals surface area contributed by atoms with Crippen molar-refractivity contribution in [2.75, 3.05) is 0 Å². The van der Waals surface area contributed by atoms with Crippen LogP contribution in [0.4, 0.5) is 26.3 Å². The molecular weight excluding hydrogens is 341 g/mol. The van der Waals surface area contributed by atoms with Crippen molar-refractivity contribution in [3.63, 3.8) is 0 Å². The van der Waals surface area contributed by atoms with Crippen molar-refractivity contribution in [3.8, 4) is 0 Å². The van der Waals surface area contributed by atoms with Crippen molar-refractivity contribution in [3.05, 3.63) is 0 Å². The zero-order valence-corrected chi connectivity index (χ0v) is 9.76. The Morgan fingerprint density at radius 2 is 1.58 bits per heavy atom. The number of hydrogen-bond acceptors (Lipinski definition) is 6. The summed E-state index contributed by atoms with van der Waals surface area (Å²) >= 11 is 0. The lowest BCUT2D eigenvalue weighted by Gasteiger charge is -2.25. The second-order valence-corrected chi connectivity index (χ2v) is 5.11. The van der Waals surface area contributed by atoms with Gasteiger partial charge in [0.25, 0.3) is 0 Å². The molecule has 0 aliphatic rings. The Kier molecular flexibility index (Phi) is 5.38. The van der Waals surface area contributed by atoms with E-state index in [-0.39, 0.29) is 0 Å². The summed E-state index contributed by atoms with van der Waals surface area (Å²) in [5.74, 6) is -5.83. The van der Waals surface area contributed by atoms with Crippen LogP contribution in [0.1, 0.15) is 0 Å². The summed E-state index contributed by atoms with van der Waals surface area (Å²) in [5.41, 5.74) is 0. The number of rotatable bonds is 6. The maximum Gasteiger partial charge on any atom is 0.516 e. The molecule has 0 radical (unpaired) electrons. The lowest BCUT2D eigenvalue weighted by Crippen LogP contribution is -2.49. The Balaban J connectivity index is 5.00. The van der Waals surface area contributed by atoms with E-state index in [1.54, 1.807) is 0 Å². The van der Waals surface area contributed by atoms with Crippen LogP contribution in [-0.2, 0) is 28.5 Å². The molecule has 0 heterocycles. The summed E-state index contributed by atoms with van der Waals surface area (Å²) in [6, 6.07) is 0. The zero-order valence-electron chi connectivity index (χ0n) is 8.04. The molecule has 0 bridgehead atoms. The van der Waals surface area contributed by atoms with Gasteiger partial charge in [0.05, 0.1) is 0 Å². The minimum atomic E-state index is -6.39. The van der Waals surface area contributed by atoms with E-state index in [0.717, 1.165) is 0 Å². The van der Waals surface area contributed by atoms with Crippen molar-refractivity contribution in [1.82, 2.24) is 0 Å². The molecule has 19 heavy (non-hydrogen) atoms. The van der Waals surface area contributed by atoms with Gasteiger partial charge in [-0.25, -0.2) is 13.3 Å². The summed E-state index contributed by atoms with van der Waals surface area (Å²) < 4.78 is 115. The van der Waals surface area contributed by atoms with Gasteiger partial charge < -0.3 is 4.89 Å². The first kappa shape index (κ1) is 18.6. The van der Waals surface area contributed by atoms with Gasteiger partial charge in [0.15, 0.2) is 0 Å². The second kappa shape index (κ2) is 5.51. The summed E-state index contributed by atoms with van der Waals surface area (Å²) in [6.07, 6.45) is -11.3. The zero-order chi connectivity index (χ0) is 15.7. The highest BCUT2D eigenvalue weighted by molar-refractivity contribution is 7.85. The SMILES string of the molecule is O=P(O)(OOC(F)(C(F)F)C(F)(F)F)OS(=O)(=O)O. The van der Waals surface area contributed by atoms with E-state index in [9.17, 15) is 39.3 Å². The van der Waals surface area contributed by atoms with Gasteiger partial charge in [-0.05, 0) is 0 Å². The third-order valence-corrected chi connectivity index (χ3v) is 2.88. The highest BCUT2D eigenvalue weighted by Gasteiger charge is 2.67. The van der Waals surface area contributed by atoms with Gasteiger partial charge in [-0.1, -0.05) is 0 Å². The van der Waals surface area contributed by atoms with E-state index < -0.39 is 36.7 Å². The number of alkyl halides is 6. The average molecular weight is 344 g/mol. The monoisotopic (exact) mass is 344 g/mol. The highest BCUT2D eigenvalue weighted by atomic mass is 32.3. The smallest absolute Gasteiger partial charge is 0.300 e. The first-order chi connectivity index (χ1) is 8.11. The third kappa shape index (κ3) is 5.60. The molecule has 2 N–H and O–H groups in total. The fourth-order valence-corrected chi connectivity index (χ4v) is 1.69. The largest absolute Gasteiger partial charge is 0.516 e. The van der Waals surface area contributed by atoms with E-state index in [4.69, 9.17) is 9.45 Å². The quantitative estimate of drug-likeness (QED) is 0.244. The van der Waals surface area contributed by atoms with Crippen LogP contribution in [0.2, 0.25) is 0 Å². The molecule has 2 unspecified atom stereocenters. The second-order valence-electron chi connectivity index (χ2n) is 2.57. The van der Waals surface area contributed by atoms with E-state index >= 15 is 0 Å². The Labute approximate surface area is 99.9 Å². The van der Waals surface area contributed by atoms with Crippen LogP contribution in [0.5, 0.6) is 0 Å². The van der Waals surface area contributed by atoms with Crippen LogP contribution in [-0.4, -0.2) is 36.3 Å². The van der Waals surface area contributed by atoms with Crippen LogP contribution in [0.15, 0.2) is 0 Å². The Morgan fingerprint density at radius 1 is 1.16 bits per heavy atom. The summed E-state index contributed by atoms with van der Waals surface area (Å²) in [7, 11) is -11.9. The molecule has 0 aromatic rings. The maximum absolute atomic E-state index is 12.7. The van der Waals surface area contributed by atoms with Crippen molar-refractivity contribution in [1.29, 1.82) is 0 Å². The predicted octanol–water partition coefficient (Wildman–Crippen LogP) is 1.35. The van der Waals surface area contributed by atoms with Gasteiger partial charge >= 0.3 is 36.7 Å². The Morgan fingerprint density at radius 3 is 1.84 bits per heavy atom. The van der Waals surface area contributed by atoms with Crippen molar-refractivity contribution >= 4 is 18.2 Å². The van der Waals surface area contributed by atoms with Crippen LogP contribution in [0.25, 0.3) is 0 Å². The summed E-state index contributed by atoms with van der Waals surface area (Å²) in [5, 5.41) is 0. The van der Waals surface area contributed by atoms with Crippen molar-refractivity contribution < 1.29 is 62.3 Å². The molecule has 0 aliphatic heterocycles.